The Morgan fingerprint density at radius 2 is 1.60 bits per heavy atom. The van der Waals surface area contributed by atoms with Crippen molar-refractivity contribution in [3.63, 3.8) is 0 Å². The summed E-state index contributed by atoms with van der Waals surface area (Å²) in [4.78, 5) is 5.14. The predicted molar refractivity (Wildman–Crippen MR) is 110 cm³/mol. The molecular weight excluding hydrogens is 355 g/mol. The van der Waals surface area contributed by atoms with E-state index in [1.54, 1.807) is 0 Å². The molecule has 1 saturated carbocycles. The van der Waals surface area contributed by atoms with E-state index in [-0.39, 0.29) is 31.4 Å². The number of rotatable bonds is 3. The topological polar surface area (TPSA) is 26.7 Å². The van der Waals surface area contributed by atoms with Crippen molar-refractivity contribution >= 4 is 41.3 Å². The van der Waals surface area contributed by atoms with Gasteiger partial charge in [0.2, 0.25) is 0 Å². The van der Waals surface area contributed by atoms with Gasteiger partial charge in [0.15, 0.2) is 0 Å². The molecule has 5 heteroatoms. The van der Waals surface area contributed by atoms with E-state index in [1.165, 1.54) is 42.1 Å². The van der Waals surface area contributed by atoms with Gasteiger partial charge in [-0.05, 0) is 35.7 Å². The van der Waals surface area contributed by atoms with Gasteiger partial charge in [0.25, 0.3) is 0 Å². The molecular formula is C20H28Cl2N2O. The van der Waals surface area contributed by atoms with Gasteiger partial charge >= 0.3 is 0 Å². The number of fused-ring (bicyclic) bond motifs is 2. The van der Waals surface area contributed by atoms with Gasteiger partial charge in [-0.1, -0.05) is 43.2 Å². The highest BCUT2D eigenvalue weighted by molar-refractivity contribution is 5.86. The van der Waals surface area contributed by atoms with Crippen molar-refractivity contribution in [1.82, 2.24) is 4.90 Å². The van der Waals surface area contributed by atoms with Gasteiger partial charge in [0, 0.05) is 37.4 Å². The largest absolute Gasteiger partial charge is 0.395 e. The van der Waals surface area contributed by atoms with Crippen molar-refractivity contribution in [2.24, 2.45) is 0 Å². The van der Waals surface area contributed by atoms with Crippen LogP contribution < -0.4 is 4.90 Å². The Morgan fingerprint density at radius 1 is 0.880 bits per heavy atom. The zero-order chi connectivity index (χ0) is 15.6. The third-order valence-corrected chi connectivity index (χ3v) is 5.64. The highest BCUT2D eigenvalue weighted by atomic mass is 35.5. The van der Waals surface area contributed by atoms with Gasteiger partial charge in [-0.3, -0.25) is 4.90 Å². The number of benzene rings is 2. The lowest BCUT2D eigenvalue weighted by Gasteiger charge is -2.51. The van der Waals surface area contributed by atoms with Crippen LogP contribution in [0.5, 0.6) is 0 Å². The Kier molecular flexibility index (Phi) is 7.38. The standard InChI is InChI=1S/C20H26N2O.2ClH/c23-14-13-21-11-12-22(20-8-4-3-7-19(20)21)18-10-9-16-5-1-2-6-17(16)15-18;;/h1-2,5-6,9-10,15,19-20,23H,3-4,7-8,11-14H2;2*1H/t19-,20-;;/m0../s1. The minimum Gasteiger partial charge on any atom is -0.395 e. The second kappa shape index (κ2) is 9.09. The van der Waals surface area contributed by atoms with Gasteiger partial charge < -0.3 is 10.0 Å². The van der Waals surface area contributed by atoms with Crippen LogP contribution in [0.15, 0.2) is 42.5 Å². The Morgan fingerprint density at radius 3 is 2.36 bits per heavy atom. The van der Waals surface area contributed by atoms with Crippen LogP contribution in [-0.2, 0) is 0 Å². The van der Waals surface area contributed by atoms with Crippen molar-refractivity contribution in [3.8, 4) is 0 Å². The number of halogens is 2. The van der Waals surface area contributed by atoms with Crippen molar-refractivity contribution in [2.45, 2.75) is 37.8 Å². The van der Waals surface area contributed by atoms with Gasteiger partial charge in [-0.15, -0.1) is 24.8 Å². The first-order chi connectivity index (χ1) is 11.4. The molecule has 0 radical (unpaired) electrons. The first kappa shape index (κ1) is 20.3. The molecule has 0 aromatic heterocycles. The molecule has 1 aliphatic heterocycles. The third kappa shape index (κ3) is 4.06. The van der Waals surface area contributed by atoms with Crippen LogP contribution in [0.25, 0.3) is 10.8 Å². The SMILES string of the molecule is Cl.Cl.OCCN1CCN(c2ccc3ccccc3c2)[C@H]2CCCC[C@@H]21. The number of aliphatic hydroxyl groups excluding tert-OH is 1. The number of β-amino-alcohol motifs (C(OH)–C–C–N with tert-alkyl or cyclic N) is 1. The molecule has 2 aromatic carbocycles. The summed E-state index contributed by atoms with van der Waals surface area (Å²) in [5, 5.41) is 12.0. The number of aliphatic hydroxyl groups is 1. The van der Waals surface area contributed by atoms with Crippen molar-refractivity contribution < 1.29 is 5.11 Å². The third-order valence-electron chi connectivity index (χ3n) is 5.64. The van der Waals surface area contributed by atoms with Crippen molar-refractivity contribution in [1.29, 1.82) is 0 Å². The van der Waals surface area contributed by atoms with E-state index in [1.807, 2.05) is 0 Å². The molecule has 2 fully saturated rings. The van der Waals surface area contributed by atoms with E-state index in [0.717, 1.165) is 19.6 Å². The summed E-state index contributed by atoms with van der Waals surface area (Å²) in [5.41, 5.74) is 1.37. The summed E-state index contributed by atoms with van der Waals surface area (Å²) >= 11 is 0. The Bertz CT molecular complexity index is 682. The van der Waals surface area contributed by atoms with Gasteiger partial charge in [-0.25, -0.2) is 0 Å². The molecule has 0 unspecified atom stereocenters. The molecule has 3 nitrogen and oxygen atoms in total. The maximum atomic E-state index is 9.35. The molecule has 138 valence electrons. The summed E-state index contributed by atoms with van der Waals surface area (Å²) < 4.78 is 0. The van der Waals surface area contributed by atoms with Gasteiger partial charge in [0.1, 0.15) is 0 Å². The quantitative estimate of drug-likeness (QED) is 0.864. The molecule has 2 aliphatic rings. The second-order valence-corrected chi connectivity index (χ2v) is 6.90. The first-order valence-electron chi connectivity index (χ1n) is 8.97. The number of nitrogens with zero attached hydrogens (tertiary/aromatic N) is 2. The van der Waals surface area contributed by atoms with Crippen LogP contribution in [-0.4, -0.2) is 48.3 Å². The molecule has 1 saturated heterocycles. The van der Waals surface area contributed by atoms with Crippen molar-refractivity contribution in [3.05, 3.63) is 42.5 Å². The monoisotopic (exact) mass is 382 g/mol. The molecule has 0 bridgehead atoms. The number of hydrogen-bond acceptors (Lipinski definition) is 3. The van der Waals surface area contributed by atoms with Crippen LogP contribution in [0.2, 0.25) is 0 Å². The van der Waals surface area contributed by atoms with Crippen LogP contribution in [0.3, 0.4) is 0 Å². The second-order valence-electron chi connectivity index (χ2n) is 6.90. The zero-order valence-electron chi connectivity index (χ0n) is 14.5. The number of piperazine rings is 1. The average Bonchev–Trinajstić information content (AvgIpc) is 2.62. The summed E-state index contributed by atoms with van der Waals surface area (Å²) in [6.07, 6.45) is 5.21. The van der Waals surface area contributed by atoms with E-state index in [9.17, 15) is 5.11 Å². The maximum absolute atomic E-state index is 9.35. The summed E-state index contributed by atoms with van der Waals surface area (Å²) in [5.74, 6) is 0. The highest BCUT2D eigenvalue weighted by Gasteiger charge is 2.37. The normalized spacial score (nSPS) is 23.5. The van der Waals surface area contributed by atoms with E-state index in [4.69, 9.17) is 0 Å². The van der Waals surface area contributed by atoms with E-state index in [0.29, 0.717) is 12.1 Å². The fourth-order valence-electron chi connectivity index (χ4n) is 4.53. The van der Waals surface area contributed by atoms with Crippen LogP contribution >= 0.6 is 24.8 Å². The Balaban J connectivity index is 0.00000113. The zero-order valence-corrected chi connectivity index (χ0v) is 16.1. The molecule has 25 heavy (non-hydrogen) atoms. The fourth-order valence-corrected chi connectivity index (χ4v) is 4.53. The smallest absolute Gasteiger partial charge is 0.0558 e. The lowest BCUT2D eigenvalue weighted by Crippen LogP contribution is -2.61. The number of hydrogen-bond donors (Lipinski definition) is 1. The fraction of sp³-hybridized carbons (Fsp3) is 0.500. The summed E-state index contributed by atoms with van der Waals surface area (Å²) in [6, 6.07) is 16.7. The molecule has 1 N–H and O–H groups in total. The van der Waals surface area contributed by atoms with Gasteiger partial charge in [0.05, 0.1) is 6.61 Å². The molecule has 4 rings (SSSR count). The van der Waals surface area contributed by atoms with E-state index < -0.39 is 0 Å². The molecule has 2 atom stereocenters. The molecule has 0 spiro atoms. The Hall–Kier alpha value is -1.00. The highest BCUT2D eigenvalue weighted by Crippen LogP contribution is 2.34. The molecule has 1 aliphatic carbocycles. The summed E-state index contributed by atoms with van der Waals surface area (Å²) in [6.45, 7) is 3.24. The Labute approximate surface area is 162 Å². The maximum Gasteiger partial charge on any atom is 0.0558 e. The van der Waals surface area contributed by atoms with Crippen molar-refractivity contribution in [2.75, 3.05) is 31.1 Å². The molecule has 1 heterocycles. The molecule has 0 amide bonds. The van der Waals surface area contributed by atoms with Gasteiger partial charge in [-0.2, -0.15) is 0 Å². The lowest BCUT2D eigenvalue weighted by molar-refractivity contribution is 0.0867. The average molecular weight is 383 g/mol. The minimum absolute atomic E-state index is 0. The van der Waals surface area contributed by atoms with Crippen LogP contribution in [0.1, 0.15) is 25.7 Å². The molecule has 2 aromatic rings. The van der Waals surface area contributed by atoms with Crippen LogP contribution in [0.4, 0.5) is 5.69 Å². The number of anilines is 1. The summed E-state index contributed by atoms with van der Waals surface area (Å²) in [7, 11) is 0. The van der Waals surface area contributed by atoms with Crippen LogP contribution in [0, 0.1) is 0 Å². The van der Waals surface area contributed by atoms with E-state index >= 15 is 0 Å². The van der Waals surface area contributed by atoms with E-state index in [2.05, 4.69) is 52.3 Å². The predicted octanol–water partition coefficient (Wildman–Crippen LogP) is 4.11. The minimum atomic E-state index is 0. The first-order valence-corrected chi connectivity index (χ1v) is 8.97. The lowest BCUT2D eigenvalue weighted by atomic mass is 9.86.